The number of oxazole rings is 1. The Bertz CT molecular complexity index is 661. The average Bonchev–Trinajstić information content (AvgIpc) is 3.04. The van der Waals surface area contributed by atoms with E-state index in [9.17, 15) is 4.79 Å². The molecule has 1 saturated heterocycles. The Labute approximate surface area is 140 Å². The number of carbonyl (C=O) groups excluding carboxylic acids is 1. The highest BCUT2D eigenvalue weighted by molar-refractivity contribution is 6.30. The van der Waals surface area contributed by atoms with Gasteiger partial charge in [0.05, 0.1) is 12.7 Å². The van der Waals surface area contributed by atoms with Gasteiger partial charge in [0.2, 0.25) is 11.8 Å². The van der Waals surface area contributed by atoms with Gasteiger partial charge in [0.1, 0.15) is 0 Å². The van der Waals surface area contributed by atoms with Gasteiger partial charge in [0.25, 0.3) is 0 Å². The number of amides is 1. The van der Waals surface area contributed by atoms with E-state index in [4.69, 9.17) is 16.0 Å². The van der Waals surface area contributed by atoms with Crippen LogP contribution in [0.4, 0.5) is 0 Å². The van der Waals surface area contributed by atoms with Crippen LogP contribution < -0.4 is 5.32 Å². The standard InChI is InChI=1S/C17H20ClN3O2/c1-19-17(22)13-6-8-21(9-7-13)11-16-20-10-15(23-16)12-2-4-14(18)5-3-12/h2-5,10,13H,6-9,11H2,1H3,(H,19,22). The Morgan fingerprint density at radius 2 is 2.04 bits per heavy atom. The van der Waals surface area contributed by atoms with Crippen molar-refractivity contribution in [3.63, 3.8) is 0 Å². The van der Waals surface area contributed by atoms with Gasteiger partial charge in [-0.3, -0.25) is 9.69 Å². The summed E-state index contributed by atoms with van der Waals surface area (Å²) >= 11 is 5.90. The molecule has 0 atom stereocenters. The number of benzene rings is 1. The van der Waals surface area contributed by atoms with Crippen LogP contribution in [0.5, 0.6) is 0 Å². The van der Waals surface area contributed by atoms with E-state index < -0.39 is 0 Å². The van der Waals surface area contributed by atoms with Crippen LogP contribution in [0.1, 0.15) is 18.7 Å². The largest absolute Gasteiger partial charge is 0.439 e. The topological polar surface area (TPSA) is 58.4 Å². The predicted molar refractivity (Wildman–Crippen MR) is 89.0 cm³/mol. The molecule has 0 radical (unpaired) electrons. The smallest absolute Gasteiger partial charge is 0.222 e. The lowest BCUT2D eigenvalue weighted by Gasteiger charge is -2.29. The Balaban J connectivity index is 1.58. The van der Waals surface area contributed by atoms with Crippen LogP contribution in [0.25, 0.3) is 11.3 Å². The Morgan fingerprint density at radius 3 is 2.70 bits per heavy atom. The highest BCUT2D eigenvalue weighted by Gasteiger charge is 2.24. The first-order valence-electron chi connectivity index (χ1n) is 7.80. The van der Waals surface area contributed by atoms with Crippen molar-refractivity contribution in [1.29, 1.82) is 0 Å². The molecular formula is C17H20ClN3O2. The van der Waals surface area contributed by atoms with Crippen molar-refractivity contribution in [2.75, 3.05) is 20.1 Å². The third kappa shape index (κ3) is 3.92. The molecule has 1 aromatic heterocycles. The molecule has 2 heterocycles. The molecule has 1 aliphatic rings. The van der Waals surface area contributed by atoms with E-state index >= 15 is 0 Å². The van der Waals surface area contributed by atoms with E-state index in [1.807, 2.05) is 24.3 Å². The molecule has 3 rings (SSSR count). The van der Waals surface area contributed by atoms with Gasteiger partial charge in [-0.1, -0.05) is 11.6 Å². The lowest BCUT2D eigenvalue weighted by atomic mass is 9.96. The van der Waals surface area contributed by atoms with Gasteiger partial charge in [0.15, 0.2) is 5.76 Å². The van der Waals surface area contributed by atoms with Crippen molar-refractivity contribution >= 4 is 17.5 Å². The molecule has 6 heteroatoms. The molecule has 5 nitrogen and oxygen atoms in total. The van der Waals surface area contributed by atoms with Crippen molar-refractivity contribution in [2.24, 2.45) is 5.92 Å². The molecule has 0 unspecified atom stereocenters. The molecular weight excluding hydrogens is 314 g/mol. The minimum absolute atomic E-state index is 0.130. The molecule has 1 N–H and O–H groups in total. The Hall–Kier alpha value is -1.85. The number of aromatic nitrogens is 1. The summed E-state index contributed by atoms with van der Waals surface area (Å²) in [4.78, 5) is 18.3. The Kier molecular flexibility index (Phi) is 4.98. The normalized spacial score (nSPS) is 16.4. The quantitative estimate of drug-likeness (QED) is 0.934. The fourth-order valence-electron chi connectivity index (χ4n) is 2.88. The van der Waals surface area contributed by atoms with Gasteiger partial charge < -0.3 is 9.73 Å². The fourth-order valence-corrected chi connectivity index (χ4v) is 3.01. The number of nitrogens with zero attached hydrogens (tertiary/aromatic N) is 2. The lowest BCUT2D eigenvalue weighted by molar-refractivity contribution is -0.125. The third-order valence-corrected chi connectivity index (χ3v) is 4.50. The summed E-state index contributed by atoms with van der Waals surface area (Å²) in [5.41, 5.74) is 0.964. The van der Waals surface area contributed by atoms with Crippen LogP contribution in [-0.4, -0.2) is 35.9 Å². The minimum Gasteiger partial charge on any atom is -0.439 e. The SMILES string of the molecule is CNC(=O)C1CCN(Cc2ncc(-c3ccc(Cl)cc3)o2)CC1. The average molecular weight is 334 g/mol. The first-order chi connectivity index (χ1) is 11.2. The second-order valence-corrected chi connectivity index (χ2v) is 6.23. The van der Waals surface area contributed by atoms with Crippen LogP contribution >= 0.6 is 11.6 Å². The number of piperidine rings is 1. The zero-order valence-corrected chi connectivity index (χ0v) is 13.8. The molecule has 1 aliphatic heterocycles. The van der Waals surface area contributed by atoms with Crippen molar-refractivity contribution < 1.29 is 9.21 Å². The first-order valence-corrected chi connectivity index (χ1v) is 8.18. The van der Waals surface area contributed by atoms with Crippen LogP contribution in [0.3, 0.4) is 0 Å². The van der Waals surface area contributed by atoms with Gasteiger partial charge in [-0.25, -0.2) is 4.98 Å². The number of nitrogens with one attached hydrogen (secondary N) is 1. The van der Waals surface area contributed by atoms with E-state index in [1.165, 1.54) is 0 Å². The van der Waals surface area contributed by atoms with E-state index in [-0.39, 0.29) is 11.8 Å². The number of likely N-dealkylation sites (tertiary alicyclic amines) is 1. The van der Waals surface area contributed by atoms with Crippen LogP contribution in [0, 0.1) is 5.92 Å². The molecule has 23 heavy (non-hydrogen) atoms. The van der Waals surface area contributed by atoms with E-state index in [0.29, 0.717) is 17.5 Å². The predicted octanol–water partition coefficient (Wildman–Crippen LogP) is 2.95. The summed E-state index contributed by atoms with van der Waals surface area (Å²) in [5, 5.41) is 3.43. The minimum atomic E-state index is 0.130. The Morgan fingerprint density at radius 1 is 1.35 bits per heavy atom. The second-order valence-electron chi connectivity index (χ2n) is 5.79. The molecule has 1 aromatic carbocycles. The van der Waals surface area contributed by atoms with E-state index in [0.717, 1.165) is 37.3 Å². The van der Waals surface area contributed by atoms with Crippen LogP contribution in [-0.2, 0) is 11.3 Å². The van der Waals surface area contributed by atoms with Crippen LogP contribution in [0.15, 0.2) is 34.9 Å². The molecule has 122 valence electrons. The summed E-state index contributed by atoms with van der Waals surface area (Å²) in [6.07, 6.45) is 3.50. The maximum Gasteiger partial charge on any atom is 0.222 e. The first kappa shape index (κ1) is 16.0. The van der Waals surface area contributed by atoms with Crippen molar-refractivity contribution in [2.45, 2.75) is 19.4 Å². The molecule has 1 fully saturated rings. The molecule has 1 amide bonds. The second kappa shape index (κ2) is 7.15. The number of hydrogen-bond donors (Lipinski definition) is 1. The maximum absolute atomic E-state index is 11.6. The van der Waals surface area contributed by atoms with Crippen LogP contribution in [0.2, 0.25) is 5.02 Å². The summed E-state index contributed by atoms with van der Waals surface area (Å²) in [5.74, 6) is 1.72. The molecule has 0 aliphatic carbocycles. The summed E-state index contributed by atoms with van der Waals surface area (Å²) < 4.78 is 5.83. The molecule has 0 spiro atoms. The van der Waals surface area contributed by atoms with Gasteiger partial charge >= 0.3 is 0 Å². The molecule has 0 bridgehead atoms. The summed E-state index contributed by atoms with van der Waals surface area (Å²) in [7, 11) is 1.69. The molecule has 0 saturated carbocycles. The fraction of sp³-hybridized carbons (Fsp3) is 0.412. The van der Waals surface area contributed by atoms with Crippen molar-refractivity contribution in [3.05, 3.63) is 41.4 Å². The number of carbonyl (C=O) groups is 1. The molecule has 2 aromatic rings. The van der Waals surface area contributed by atoms with E-state index in [2.05, 4.69) is 15.2 Å². The van der Waals surface area contributed by atoms with Gasteiger partial charge in [0, 0.05) is 23.6 Å². The van der Waals surface area contributed by atoms with E-state index in [1.54, 1.807) is 13.2 Å². The van der Waals surface area contributed by atoms with Gasteiger partial charge in [-0.15, -0.1) is 0 Å². The van der Waals surface area contributed by atoms with Gasteiger partial charge in [-0.2, -0.15) is 0 Å². The highest BCUT2D eigenvalue weighted by atomic mass is 35.5. The third-order valence-electron chi connectivity index (χ3n) is 4.25. The zero-order chi connectivity index (χ0) is 16.2. The monoisotopic (exact) mass is 333 g/mol. The number of rotatable bonds is 4. The zero-order valence-electron chi connectivity index (χ0n) is 13.1. The lowest BCUT2D eigenvalue weighted by Crippen LogP contribution is -2.39. The summed E-state index contributed by atoms with van der Waals surface area (Å²) in [6.45, 7) is 2.45. The number of halogens is 1. The van der Waals surface area contributed by atoms with Crippen molar-refractivity contribution in [3.8, 4) is 11.3 Å². The van der Waals surface area contributed by atoms with Crippen molar-refractivity contribution in [1.82, 2.24) is 15.2 Å². The van der Waals surface area contributed by atoms with Gasteiger partial charge in [-0.05, 0) is 50.2 Å². The maximum atomic E-state index is 11.6. The number of hydrogen-bond acceptors (Lipinski definition) is 4. The summed E-state index contributed by atoms with van der Waals surface area (Å²) in [6, 6.07) is 7.51. The highest BCUT2D eigenvalue weighted by Crippen LogP contribution is 2.24.